The number of amides is 1. The Morgan fingerprint density at radius 3 is 2.96 bits per heavy atom. The van der Waals surface area contributed by atoms with Gasteiger partial charge < -0.3 is 19.4 Å². The zero-order valence-electron chi connectivity index (χ0n) is 14.9. The Morgan fingerprint density at radius 1 is 1.35 bits per heavy atom. The number of para-hydroxylation sites is 1. The molecule has 0 spiro atoms. The van der Waals surface area contributed by atoms with Crippen LogP contribution in [0, 0.1) is 0 Å². The fourth-order valence-electron chi connectivity index (χ4n) is 3.36. The summed E-state index contributed by atoms with van der Waals surface area (Å²) in [5.41, 5.74) is 2.10. The third kappa shape index (κ3) is 3.30. The average Bonchev–Trinajstić information content (AvgIpc) is 3.30. The summed E-state index contributed by atoms with van der Waals surface area (Å²) in [5.74, 6) is 0.641. The zero-order valence-corrected chi connectivity index (χ0v) is 14.9. The molecule has 0 aliphatic carbocycles. The standard InChI is InChI=1S/C19H22N4O3/c1-22-10-15(9-20-22)26-18-12-25-11-16(18)21-19(24)8-14-7-13-5-3-4-6-17(13)23(14)2/h3-7,9-10,16,18H,8,11-12H2,1-2H3,(H,21,24)/t16-,18+/m0/s1. The molecule has 2 aromatic heterocycles. The number of carbonyl (C=O) groups excluding carboxylic acids is 1. The minimum absolute atomic E-state index is 0.0359. The van der Waals surface area contributed by atoms with Crippen LogP contribution in [0.2, 0.25) is 0 Å². The number of aromatic nitrogens is 3. The third-order valence-electron chi connectivity index (χ3n) is 4.74. The molecular formula is C19H22N4O3. The van der Waals surface area contributed by atoms with Gasteiger partial charge in [0.05, 0.1) is 38.1 Å². The van der Waals surface area contributed by atoms with E-state index in [4.69, 9.17) is 9.47 Å². The number of aryl methyl sites for hydroxylation is 2. The molecule has 1 aromatic carbocycles. The number of nitrogens with zero attached hydrogens (tertiary/aromatic N) is 3. The van der Waals surface area contributed by atoms with Gasteiger partial charge in [0, 0.05) is 25.3 Å². The van der Waals surface area contributed by atoms with Crippen LogP contribution in [-0.4, -0.2) is 45.6 Å². The van der Waals surface area contributed by atoms with E-state index in [1.807, 2.05) is 26.2 Å². The minimum atomic E-state index is -0.212. The van der Waals surface area contributed by atoms with Crippen LogP contribution in [-0.2, 0) is 30.0 Å². The summed E-state index contributed by atoms with van der Waals surface area (Å²) in [6.07, 6.45) is 3.57. The largest absolute Gasteiger partial charge is 0.482 e. The lowest BCUT2D eigenvalue weighted by atomic mass is 10.2. The summed E-state index contributed by atoms with van der Waals surface area (Å²) >= 11 is 0. The summed E-state index contributed by atoms with van der Waals surface area (Å²) in [6.45, 7) is 0.902. The first-order chi connectivity index (χ1) is 12.6. The lowest BCUT2D eigenvalue weighted by molar-refractivity contribution is -0.121. The van der Waals surface area contributed by atoms with Crippen molar-refractivity contribution in [1.29, 1.82) is 0 Å². The molecule has 1 N–H and O–H groups in total. The number of nitrogens with one attached hydrogen (secondary N) is 1. The molecule has 0 saturated carbocycles. The van der Waals surface area contributed by atoms with Crippen LogP contribution in [0.5, 0.6) is 5.75 Å². The first kappa shape index (κ1) is 16.7. The molecule has 1 aliphatic heterocycles. The summed E-state index contributed by atoms with van der Waals surface area (Å²) in [6, 6.07) is 10.0. The Balaban J connectivity index is 1.41. The van der Waals surface area contributed by atoms with E-state index >= 15 is 0 Å². The van der Waals surface area contributed by atoms with E-state index in [9.17, 15) is 4.79 Å². The average molecular weight is 354 g/mol. The predicted molar refractivity (Wildman–Crippen MR) is 97.0 cm³/mol. The molecule has 136 valence electrons. The van der Waals surface area contributed by atoms with Crippen LogP contribution in [0.25, 0.3) is 10.9 Å². The van der Waals surface area contributed by atoms with Gasteiger partial charge in [0.15, 0.2) is 5.75 Å². The fourth-order valence-corrected chi connectivity index (χ4v) is 3.36. The lowest BCUT2D eigenvalue weighted by Gasteiger charge is -2.19. The van der Waals surface area contributed by atoms with E-state index in [1.54, 1.807) is 17.1 Å². The monoisotopic (exact) mass is 354 g/mol. The van der Waals surface area contributed by atoms with Crippen molar-refractivity contribution < 1.29 is 14.3 Å². The highest BCUT2D eigenvalue weighted by Gasteiger charge is 2.31. The van der Waals surface area contributed by atoms with E-state index in [0.717, 1.165) is 16.6 Å². The van der Waals surface area contributed by atoms with E-state index < -0.39 is 0 Å². The Morgan fingerprint density at radius 2 is 2.19 bits per heavy atom. The van der Waals surface area contributed by atoms with Gasteiger partial charge in [0.1, 0.15) is 6.10 Å². The summed E-state index contributed by atoms with van der Waals surface area (Å²) in [5, 5.41) is 8.28. The second-order valence-electron chi connectivity index (χ2n) is 6.65. The van der Waals surface area contributed by atoms with E-state index in [1.165, 1.54) is 0 Å². The quantitative estimate of drug-likeness (QED) is 0.752. The molecule has 1 fully saturated rings. The number of benzene rings is 1. The number of hydrogen-bond acceptors (Lipinski definition) is 4. The molecule has 2 atom stereocenters. The highest BCUT2D eigenvalue weighted by Crippen LogP contribution is 2.19. The van der Waals surface area contributed by atoms with Crippen LogP contribution >= 0.6 is 0 Å². The van der Waals surface area contributed by atoms with E-state index in [-0.39, 0.29) is 18.1 Å². The van der Waals surface area contributed by atoms with E-state index in [0.29, 0.717) is 25.4 Å². The van der Waals surface area contributed by atoms with Crippen LogP contribution in [0.15, 0.2) is 42.7 Å². The van der Waals surface area contributed by atoms with Crippen molar-refractivity contribution >= 4 is 16.8 Å². The zero-order chi connectivity index (χ0) is 18.1. The molecule has 7 heteroatoms. The summed E-state index contributed by atoms with van der Waals surface area (Å²) in [7, 11) is 3.82. The molecule has 4 rings (SSSR count). The smallest absolute Gasteiger partial charge is 0.226 e. The molecule has 7 nitrogen and oxygen atoms in total. The first-order valence-corrected chi connectivity index (χ1v) is 8.66. The Kier molecular flexibility index (Phi) is 4.38. The Labute approximate surface area is 151 Å². The van der Waals surface area contributed by atoms with Crippen molar-refractivity contribution in [3.63, 3.8) is 0 Å². The Hall–Kier alpha value is -2.80. The molecule has 0 unspecified atom stereocenters. The van der Waals surface area contributed by atoms with Crippen molar-refractivity contribution in [3.05, 3.63) is 48.4 Å². The molecule has 0 bridgehead atoms. The van der Waals surface area contributed by atoms with Crippen LogP contribution in [0.1, 0.15) is 5.69 Å². The second-order valence-corrected chi connectivity index (χ2v) is 6.65. The maximum atomic E-state index is 12.5. The summed E-state index contributed by atoms with van der Waals surface area (Å²) in [4.78, 5) is 12.5. The van der Waals surface area contributed by atoms with Gasteiger partial charge in [-0.1, -0.05) is 18.2 Å². The molecule has 26 heavy (non-hydrogen) atoms. The maximum absolute atomic E-state index is 12.5. The topological polar surface area (TPSA) is 70.3 Å². The molecular weight excluding hydrogens is 332 g/mol. The molecule has 1 amide bonds. The fraction of sp³-hybridized carbons (Fsp3) is 0.368. The van der Waals surface area contributed by atoms with E-state index in [2.05, 4.69) is 33.2 Å². The number of fused-ring (bicyclic) bond motifs is 1. The van der Waals surface area contributed by atoms with Crippen LogP contribution < -0.4 is 10.1 Å². The molecule has 3 heterocycles. The summed E-state index contributed by atoms with van der Waals surface area (Å²) < 4.78 is 15.1. The van der Waals surface area contributed by atoms with Gasteiger partial charge in [-0.3, -0.25) is 9.48 Å². The van der Waals surface area contributed by atoms with Gasteiger partial charge in [-0.2, -0.15) is 5.10 Å². The van der Waals surface area contributed by atoms with Crippen molar-refractivity contribution in [2.45, 2.75) is 18.6 Å². The maximum Gasteiger partial charge on any atom is 0.226 e. The van der Waals surface area contributed by atoms with Gasteiger partial charge in [-0.25, -0.2) is 0 Å². The second kappa shape index (κ2) is 6.84. The van der Waals surface area contributed by atoms with Crippen molar-refractivity contribution in [2.75, 3.05) is 13.2 Å². The molecule has 3 aromatic rings. The number of carbonyl (C=O) groups is 1. The number of rotatable bonds is 5. The SMILES string of the molecule is Cn1cc(O[C@@H]2COC[C@@H]2NC(=O)Cc2cc3ccccc3n2C)cn1. The number of ether oxygens (including phenoxy) is 2. The minimum Gasteiger partial charge on any atom is -0.482 e. The van der Waals surface area contributed by atoms with Crippen molar-refractivity contribution in [1.82, 2.24) is 19.7 Å². The third-order valence-corrected chi connectivity index (χ3v) is 4.74. The van der Waals surface area contributed by atoms with Crippen LogP contribution in [0.3, 0.4) is 0 Å². The highest BCUT2D eigenvalue weighted by molar-refractivity contribution is 5.84. The molecule has 1 saturated heterocycles. The van der Waals surface area contributed by atoms with Crippen molar-refractivity contribution in [3.8, 4) is 5.75 Å². The normalized spacial score (nSPS) is 19.8. The lowest BCUT2D eigenvalue weighted by Crippen LogP contribution is -2.45. The van der Waals surface area contributed by atoms with Gasteiger partial charge in [0.25, 0.3) is 0 Å². The predicted octanol–water partition coefficient (Wildman–Crippen LogP) is 1.42. The first-order valence-electron chi connectivity index (χ1n) is 8.66. The molecule has 0 radical (unpaired) electrons. The van der Waals surface area contributed by atoms with Gasteiger partial charge in [-0.15, -0.1) is 0 Å². The number of hydrogen-bond donors (Lipinski definition) is 1. The van der Waals surface area contributed by atoms with Crippen molar-refractivity contribution in [2.24, 2.45) is 14.1 Å². The Bertz CT molecular complexity index is 930. The van der Waals surface area contributed by atoms with Crippen LogP contribution in [0.4, 0.5) is 0 Å². The van der Waals surface area contributed by atoms with Gasteiger partial charge in [-0.05, 0) is 17.5 Å². The molecule has 1 aliphatic rings. The van der Waals surface area contributed by atoms with Gasteiger partial charge in [0.2, 0.25) is 5.91 Å². The van der Waals surface area contributed by atoms with Gasteiger partial charge >= 0.3 is 0 Å². The highest BCUT2D eigenvalue weighted by atomic mass is 16.5.